The first-order chi connectivity index (χ1) is 12.7. The summed E-state index contributed by atoms with van der Waals surface area (Å²) in [6.07, 6.45) is 3.30. The van der Waals surface area contributed by atoms with Gasteiger partial charge in [0.1, 0.15) is 18.4 Å². The number of hydrogen-bond donors (Lipinski definition) is 1. The van der Waals surface area contributed by atoms with Gasteiger partial charge in [-0.15, -0.1) is 5.92 Å². The number of hydrogen-bond acceptors (Lipinski definition) is 5. The maximum absolute atomic E-state index is 12.4. The van der Waals surface area contributed by atoms with Crippen molar-refractivity contribution < 1.29 is 19.1 Å². The van der Waals surface area contributed by atoms with Crippen molar-refractivity contribution in [1.29, 1.82) is 0 Å². The molecular weight excluding hydrogens is 332 g/mol. The van der Waals surface area contributed by atoms with E-state index in [1.807, 2.05) is 0 Å². The number of nitrogens with one attached hydrogen (secondary N) is 1. The number of nitrogens with zero attached hydrogens (tertiary/aromatic N) is 1. The maximum Gasteiger partial charge on any atom is 0.324 e. The number of rotatable bonds is 7. The summed E-state index contributed by atoms with van der Waals surface area (Å²) in [6, 6.07) is 6.40. The van der Waals surface area contributed by atoms with Gasteiger partial charge in [0.25, 0.3) is 5.91 Å². The van der Waals surface area contributed by atoms with Gasteiger partial charge in [-0.3, -0.25) is 14.5 Å². The van der Waals surface area contributed by atoms with E-state index >= 15 is 0 Å². The monoisotopic (exact) mass is 358 g/mol. The number of esters is 1. The second-order valence-electron chi connectivity index (χ2n) is 6.09. The van der Waals surface area contributed by atoms with Gasteiger partial charge in [0.2, 0.25) is 0 Å². The zero-order valence-corrected chi connectivity index (χ0v) is 15.4. The Morgan fingerprint density at radius 1 is 1.19 bits per heavy atom. The number of methoxy groups -OCH3 is 1. The summed E-state index contributed by atoms with van der Waals surface area (Å²) in [7, 11) is 1.38. The minimum Gasteiger partial charge on any atom is -0.481 e. The van der Waals surface area contributed by atoms with E-state index in [-0.39, 0.29) is 18.4 Å². The van der Waals surface area contributed by atoms with E-state index in [2.05, 4.69) is 22.1 Å². The predicted molar refractivity (Wildman–Crippen MR) is 98.9 cm³/mol. The number of amides is 1. The van der Waals surface area contributed by atoms with Gasteiger partial charge in [0.15, 0.2) is 0 Å². The second-order valence-corrected chi connectivity index (χ2v) is 6.09. The SMILES string of the molecule is CC#CCOc1ccc(C(=O)NCC(C(=O)OC)N2CCCCC2)cc1. The molecule has 6 heteroatoms. The first-order valence-corrected chi connectivity index (χ1v) is 8.88. The number of ether oxygens (including phenoxy) is 2. The molecule has 0 aromatic heterocycles. The van der Waals surface area contributed by atoms with Gasteiger partial charge in [-0.05, 0) is 57.1 Å². The highest BCUT2D eigenvalue weighted by Crippen LogP contribution is 2.14. The predicted octanol–water partition coefficient (Wildman–Crippen LogP) is 1.85. The summed E-state index contributed by atoms with van der Waals surface area (Å²) in [4.78, 5) is 26.5. The van der Waals surface area contributed by atoms with Crippen LogP contribution < -0.4 is 10.1 Å². The number of carbonyl (C=O) groups excluding carboxylic acids is 2. The number of carbonyl (C=O) groups is 2. The topological polar surface area (TPSA) is 67.9 Å². The summed E-state index contributed by atoms with van der Waals surface area (Å²) < 4.78 is 10.3. The zero-order chi connectivity index (χ0) is 18.8. The fourth-order valence-corrected chi connectivity index (χ4v) is 2.91. The van der Waals surface area contributed by atoms with Crippen molar-refractivity contribution in [3.63, 3.8) is 0 Å². The smallest absolute Gasteiger partial charge is 0.324 e. The summed E-state index contributed by atoms with van der Waals surface area (Å²) in [5.41, 5.74) is 0.515. The molecule has 1 amide bonds. The van der Waals surface area contributed by atoms with Gasteiger partial charge in [-0.2, -0.15) is 0 Å². The highest BCUT2D eigenvalue weighted by molar-refractivity contribution is 5.94. The van der Waals surface area contributed by atoms with Gasteiger partial charge < -0.3 is 14.8 Å². The quantitative estimate of drug-likeness (QED) is 0.595. The van der Waals surface area contributed by atoms with Crippen molar-refractivity contribution in [3.8, 4) is 17.6 Å². The normalized spacial score (nSPS) is 15.3. The summed E-state index contributed by atoms with van der Waals surface area (Å²) in [5.74, 6) is 5.69. The van der Waals surface area contributed by atoms with Gasteiger partial charge in [0.05, 0.1) is 7.11 Å². The van der Waals surface area contributed by atoms with Crippen molar-refractivity contribution in [1.82, 2.24) is 10.2 Å². The van der Waals surface area contributed by atoms with Crippen molar-refractivity contribution >= 4 is 11.9 Å². The van der Waals surface area contributed by atoms with Crippen LogP contribution in [0.4, 0.5) is 0 Å². The molecule has 0 spiro atoms. The van der Waals surface area contributed by atoms with Crippen LogP contribution in [-0.4, -0.2) is 56.2 Å². The van der Waals surface area contributed by atoms with Crippen molar-refractivity contribution in [2.75, 3.05) is 33.4 Å². The molecule has 2 rings (SSSR count). The second kappa shape index (κ2) is 10.5. The molecule has 1 N–H and O–H groups in total. The molecule has 1 aromatic carbocycles. The molecule has 1 saturated heterocycles. The lowest BCUT2D eigenvalue weighted by atomic mass is 10.1. The van der Waals surface area contributed by atoms with Crippen LogP contribution in [0.1, 0.15) is 36.5 Å². The fraction of sp³-hybridized carbons (Fsp3) is 0.500. The van der Waals surface area contributed by atoms with Gasteiger partial charge in [0, 0.05) is 12.1 Å². The molecule has 1 aromatic rings. The number of piperidine rings is 1. The van der Waals surface area contributed by atoms with Crippen LogP contribution >= 0.6 is 0 Å². The minimum atomic E-state index is -0.445. The number of likely N-dealkylation sites (tertiary alicyclic amines) is 1. The maximum atomic E-state index is 12.4. The van der Waals surface area contributed by atoms with Crippen molar-refractivity contribution in [2.24, 2.45) is 0 Å². The molecule has 1 heterocycles. The summed E-state index contributed by atoms with van der Waals surface area (Å²) >= 11 is 0. The molecule has 140 valence electrons. The Labute approximate surface area is 154 Å². The van der Waals surface area contributed by atoms with Crippen molar-refractivity contribution in [2.45, 2.75) is 32.2 Å². The first kappa shape index (κ1) is 19.8. The molecular formula is C20H26N2O4. The van der Waals surface area contributed by atoms with E-state index < -0.39 is 6.04 Å². The van der Waals surface area contributed by atoms with Crippen LogP contribution in [0, 0.1) is 11.8 Å². The average molecular weight is 358 g/mol. The lowest BCUT2D eigenvalue weighted by Crippen LogP contribution is -2.50. The molecule has 0 aliphatic carbocycles. The average Bonchev–Trinajstić information content (AvgIpc) is 2.69. The van der Waals surface area contributed by atoms with E-state index in [1.165, 1.54) is 13.5 Å². The zero-order valence-electron chi connectivity index (χ0n) is 15.4. The third-order valence-corrected chi connectivity index (χ3v) is 4.36. The molecule has 1 aliphatic rings. The third-order valence-electron chi connectivity index (χ3n) is 4.36. The number of benzene rings is 1. The van der Waals surface area contributed by atoms with Crippen LogP contribution in [0.15, 0.2) is 24.3 Å². The fourth-order valence-electron chi connectivity index (χ4n) is 2.91. The molecule has 0 radical (unpaired) electrons. The lowest BCUT2D eigenvalue weighted by Gasteiger charge is -2.32. The Bertz CT molecular complexity index is 655. The van der Waals surface area contributed by atoms with Crippen LogP contribution in [0.2, 0.25) is 0 Å². The van der Waals surface area contributed by atoms with E-state index in [9.17, 15) is 9.59 Å². The van der Waals surface area contributed by atoms with Gasteiger partial charge in [-0.1, -0.05) is 12.3 Å². The van der Waals surface area contributed by atoms with Gasteiger partial charge in [-0.25, -0.2) is 0 Å². The third kappa shape index (κ3) is 5.78. The van der Waals surface area contributed by atoms with E-state index in [1.54, 1.807) is 31.2 Å². The minimum absolute atomic E-state index is 0.226. The molecule has 1 atom stereocenters. The standard InChI is InChI=1S/C20H26N2O4/c1-3-4-14-26-17-10-8-16(9-11-17)19(23)21-15-18(20(24)25-2)22-12-6-5-7-13-22/h8-11,18H,5-7,12-15H2,1-2H3,(H,21,23). The first-order valence-electron chi connectivity index (χ1n) is 8.88. The summed E-state index contributed by atoms with van der Waals surface area (Å²) in [6.45, 7) is 4.00. The Morgan fingerprint density at radius 3 is 2.50 bits per heavy atom. The van der Waals surface area contributed by atoms with Gasteiger partial charge >= 0.3 is 5.97 Å². The highest BCUT2D eigenvalue weighted by atomic mass is 16.5. The lowest BCUT2D eigenvalue weighted by molar-refractivity contribution is -0.147. The molecule has 6 nitrogen and oxygen atoms in total. The van der Waals surface area contributed by atoms with Crippen LogP contribution in [0.3, 0.4) is 0 Å². The van der Waals surface area contributed by atoms with Crippen molar-refractivity contribution in [3.05, 3.63) is 29.8 Å². The van der Waals surface area contributed by atoms with E-state index in [4.69, 9.17) is 9.47 Å². The van der Waals surface area contributed by atoms with Crippen LogP contribution in [0.25, 0.3) is 0 Å². The highest BCUT2D eigenvalue weighted by Gasteiger charge is 2.28. The molecule has 0 bridgehead atoms. The molecule has 1 unspecified atom stereocenters. The Balaban J connectivity index is 1.91. The molecule has 0 saturated carbocycles. The Kier molecular flexibility index (Phi) is 7.97. The van der Waals surface area contributed by atoms with Crippen LogP contribution in [-0.2, 0) is 9.53 Å². The van der Waals surface area contributed by atoms with E-state index in [0.29, 0.717) is 17.9 Å². The van der Waals surface area contributed by atoms with E-state index in [0.717, 1.165) is 25.9 Å². The molecule has 1 aliphatic heterocycles. The Hall–Kier alpha value is -2.52. The molecule has 26 heavy (non-hydrogen) atoms. The largest absolute Gasteiger partial charge is 0.481 e. The summed E-state index contributed by atoms with van der Waals surface area (Å²) in [5, 5.41) is 2.84. The molecule has 1 fully saturated rings. The Morgan fingerprint density at radius 2 is 1.88 bits per heavy atom. The van der Waals surface area contributed by atoms with Crippen LogP contribution in [0.5, 0.6) is 5.75 Å².